The van der Waals surface area contributed by atoms with Gasteiger partial charge >= 0.3 is 0 Å². The molecule has 0 bridgehead atoms. The number of amides is 1. The molecule has 22 heavy (non-hydrogen) atoms. The minimum absolute atomic E-state index is 0.136. The van der Waals surface area contributed by atoms with Gasteiger partial charge in [0.25, 0.3) is 0 Å². The maximum atomic E-state index is 12.1. The Morgan fingerprint density at radius 1 is 1.09 bits per heavy atom. The number of nitrogens with one attached hydrogen (secondary N) is 1. The highest BCUT2D eigenvalue weighted by Crippen LogP contribution is 2.28. The Morgan fingerprint density at radius 2 is 1.82 bits per heavy atom. The van der Waals surface area contributed by atoms with E-state index in [1.807, 2.05) is 25.1 Å². The van der Waals surface area contributed by atoms with E-state index in [2.05, 4.69) is 5.32 Å². The predicted molar refractivity (Wildman–Crippen MR) is 87.5 cm³/mol. The summed E-state index contributed by atoms with van der Waals surface area (Å²) in [5.74, 6) is 1.10. The Labute approximate surface area is 130 Å². The van der Waals surface area contributed by atoms with E-state index in [4.69, 9.17) is 15.2 Å². The summed E-state index contributed by atoms with van der Waals surface area (Å²) in [4.78, 5) is 12.1. The van der Waals surface area contributed by atoms with E-state index in [0.29, 0.717) is 22.9 Å². The number of methoxy groups -OCH3 is 2. The van der Waals surface area contributed by atoms with Crippen LogP contribution in [0.15, 0.2) is 36.4 Å². The summed E-state index contributed by atoms with van der Waals surface area (Å²) in [6.07, 6.45) is 0.230. The fourth-order valence-corrected chi connectivity index (χ4v) is 2.17. The van der Waals surface area contributed by atoms with Gasteiger partial charge in [0, 0.05) is 0 Å². The minimum Gasteiger partial charge on any atom is -0.493 e. The van der Waals surface area contributed by atoms with Crippen LogP contribution in [0, 0.1) is 6.92 Å². The van der Waals surface area contributed by atoms with Gasteiger partial charge in [0.05, 0.1) is 32.0 Å². The van der Waals surface area contributed by atoms with Crippen LogP contribution in [-0.4, -0.2) is 20.1 Å². The summed E-state index contributed by atoms with van der Waals surface area (Å²) < 4.78 is 10.4. The third kappa shape index (κ3) is 3.69. The van der Waals surface area contributed by atoms with Crippen molar-refractivity contribution in [3.8, 4) is 11.5 Å². The van der Waals surface area contributed by atoms with Crippen LogP contribution in [0.2, 0.25) is 0 Å². The maximum absolute atomic E-state index is 12.1. The Balaban J connectivity index is 2.08. The standard InChI is InChI=1S/C17H20N2O3/c1-11-4-6-14(13(18)8-11)19-17(20)10-12-5-7-15(21-2)16(9-12)22-3/h4-9H,10,18H2,1-3H3,(H,19,20). The van der Waals surface area contributed by atoms with E-state index in [0.717, 1.165) is 11.1 Å². The average molecular weight is 300 g/mol. The largest absolute Gasteiger partial charge is 0.493 e. The van der Waals surface area contributed by atoms with Gasteiger partial charge < -0.3 is 20.5 Å². The second-order valence-corrected chi connectivity index (χ2v) is 5.00. The molecule has 0 aromatic heterocycles. The lowest BCUT2D eigenvalue weighted by atomic mass is 10.1. The summed E-state index contributed by atoms with van der Waals surface area (Å²) >= 11 is 0. The molecule has 0 saturated heterocycles. The molecule has 116 valence electrons. The molecule has 0 radical (unpaired) electrons. The van der Waals surface area contributed by atoms with Crippen molar-refractivity contribution in [3.05, 3.63) is 47.5 Å². The molecule has 0 heterocycles. The Hall–Kier alpha value is -2.69. The number of nitrogens with two attached hydrogens (primary N) is 1. The summed E-state index contributed by atoms with van der Waals surface area (Å²) in [7, 11) is 3.14. The molecule has 0 aliphatic carbocycles. The van der Waals surface area contributed by atoms with Crippen molar-refractivity contribution in [2.45, 2.75) is 13.3 Å². The van der Waals surface area contributed by atoms with Crippen LogP contribution < -0.4 is 20.5 Å². The van der Waals surface area contributed by atoms with Gasteiger partial charge in [-0.05, 0) is 42.3 Å². The zero-order valence-electron chi connectivity index (χ0n) is 13.0. The molecule has 5 heteroatoms. The third-order valence-corrected chi connectivity index (χ3v) is 3.29. The van der Waals surface area contributed by atoms with Crippen molar-refractivity contribution in [2.24, 2.45) is 0 Å². The lowest BCUT2D eigenvalue weighted by molar-refractivity contribution is -0.115. The van der Waals surface area contributed by atoms with Gasteiger partial charge in [-0.2, -0.15) is 0 Å². The fourth-order valence-electron chi connectivity index (χ4n) is 2.17. The number of aryl methyl sites for hydroxylation is 1. The number of carbonyl (C=O) groups is 1. The fraction of sp³-hybridized carbons (Fsp3) is 0.235. The van der Waals surface area contributed by atoms with Crippen LogP contribution >= 0.6 is 0 Å². The first-order chi connectivity index (χ1) is 10.5. The molecular formula is C17H20N2O3. The molecule has 2 aromatic rings. The first kappa shape index (κ1) is 15.7. The predicted octanol–water partition coefficient (Wildman–Crippen LogP) is 2.78. The van der Waals surface area contributed by atoms with Crippen LogP contribution in [0.5, 0.6) is 11.5 Å². The van der Waals surface area contributed by atoms with E-state index >= 15 is 0 Å². The third-order valence-electron chi connectivity index (χ3n) is 3.29. The number of anilines is 2. The van der Waals surface area contributed by atoms with E-state index in [1.54, 1.807) is 32.4 Å². The highest BCUT2D eigenvalue weighted by molar-refractivity contribution is 5.95. The van der Waals surface area contributed by atoms with E-state index in [1.165, 1.54) is 0 Å². The minimum atomic E-state index is -0.136. The number of carbonyl (C=O) groups excluding carboxylic acids is 1. The van der Waals surface area contributed by atoms with Crippen molar-refractivity contribution in [1.29, 1.82) is 0 Å². The summed E-state index contributed by atoms with van der Waals surface area (Å²) in [5, 5.41) is 2.82. The normalized spacial score (nSPS) is 10.1. The van der Waals surface area contributed by atoms with Crippen molar-refractivity contribution in [1.82, 2.24) is 0 Å². The SMILES string of the molecule is COc1ccc(CC(=O)Nc2ccc(C)cc2N)cc1OC. The first-order valence-corrected chi connectivity index (χ1v) is 6.90. The van der Waals surface area contributed by atoms with E-state index in [-0.39, 0.29) is 12.3 Å². The monoisotopic (exact) mass is 300 g/mol. The highest BCUT2D eigenvalue weighted by Gasteiger charge is 2.10. The smallest absolute Gasteiger partial charge is 0.228 e. The van der Waals surface area contributed by atoms with Crippen molar-refractivity contribution in [3.63, 3.8) is 0 Å². The molecule has 0 aliphatic rings. The summed E-state index contributed by atoms with van der Waals surface area (Å²) in [6.45, 7) is 1.95. The zero-order chi connectivity index (χ0) is 16.1. The molecule has 0 aliphatic heterocycles. The van der Waals surface area contributed by atoms with Gasteiger partial charge in [0.2, 0.25) is 5.91 Å². The van der Waals surface area contributed by atoms with Crippen LogP contribution in [0.4, 0.5) is 11.4 Å². The molecule has 0 saturated carbocycles. The van der Waals surface area contributed by atoms with E-state index < -0.39 is 0 Å². The summed E-state index contributed by atoms with van der Waals surface area (Å²) in [6, 6.07) is 10.9. The van der Waals surface area contributed by atoms with Gasteiger partial charge in [0.15, 0.2) is 11.5 Å². The Morgan fingerprint density at radius 3 is 2.45 bits per heavy atom. The molecule has 3 N–H and O–H groups in total. The number of hydrogen-bond donors (Lipinski definition) is 2. The lowest BCUT2D eigenvalue weighted by Gasteiger charge is -2.11. The average Bonchev–Trinajstić information content (AvgIpc) is 2.50. The van der Waals surface area contributed by atoms with Gasteiger partial charge in [-0.1, -0.05) is 12.1 Å². The van der Waals surface area contributed by atoms with Crippen LogP contribution in [-0.2, 0) is 11.2 Å². The van der Waals surface area contributed by atoms with Gasteiger partial charge in [-0.3, -0.25) is 4.79 Å². The number of hydrogen-bond acceptors (Lipinski definition) is 4. The molecule has 5 nitrogen and oxygen atoms in total. The highest BCUT2D eigenvalue weighted by atomic mass is 16.5. The number of benzene rings is 2. The molecule has 2 rings (SSSR count). The summed E-state index contributed by atoms with van der Waals surface area (Å²) in [5.41, 5.74) is 8.96. The Kier molecular flexibility index (Phi) is 4.88. The molecule has 2 aromatic carbocycles. The molecule has 1 amide bonds. The quantitative estimate of drug-likeness (QED) is 0.833. The van der Waals surface area contributed by atoms with Crippen molar-refractivity contribution >= 4 is 17.3 Å². The Bertz CT molecular complexity index is 684. The lowest BCUT2D eigenvalue weighted by Crippen LogP contribution is -2.15. The van der Waals surface area contributed by atoms with Crippen LogP contribution in [0.25, 0.3) is 0 Å². The van der Waals surface area contributed by atoms with Gasteiger partial charge in [0.1, 0.15) is 0 Å². The zero-order valence-corrected chi connectivity index (χ0v) is 13.0. The first-order valence-electron chi connectivity index (χ1n) is 6.90. The number of ether oxygens (including phenoxy) is 2. The molecule has 0 atom stereocenters. The second kappa shape index (κ2) is 6.85. The second-order valence-electron chi connectivity index (χ2n) is 5.00. The number of nitrogen functional groups attached to an aromatic ring is 1. The van der Waals surface area contributed by atoms with E-state index in [9.17, 15) is 4.79 Å². The molecule has 0 spiro atoms. The molecule has 0 fully saturated rings. The van der Waals surface area contributed by atoms with Crippen LogP contribution in [0.3, 0.4) is 0 Å². The van der Waals surface area contributed by atoms with Crippen LogP contribution in [0.1, 0.15) is 11.1 Å². The molecular weight excluding hydrogens is 280 g/mol. The van der Waals surface area contributed by atoms with Gasteiger partial charge in [-0.25, -0.2) is 0 Å². The molecule has 0 unspecified atom stereocenters. The van der Waals surface area contributed by atoms with Gasteiger partial charge in [-0.15, -0.1) is 0 Å². The topological polar surface area (TPSA) is 73.6 Å². The van der Waals surface area contributed by atoms with Crippen molar-refractivity contribution in [2.75, 3.05) is 25.3 Å². The maximum Gasteiger partial charge on any atom is 0.228 e. The van der Waals surface area contributed by atoms with Crippen molar-refractivity contribution < 1.29 is 14.3 Å². The number of rotatable bonds is 5.